The van der Waals surface area contributed by atoms with Gasteiger partial charge >= 0.3 is 0 Å². The molecule has 12 aromatic carbocycles. The van der Waals surface area contributed by atoms with Gasteiger partial charge in [0.15, 0.2) is 69.3 Å². The Kier molecular flexibility index (Phi) is 18.0. The van der Waals surface area contributed by atoms with Crippen molar-refractivity contribution in [1.82, 2.24) is 39.9 Å². The average Bonchev–Trinajstić information content (AvgIpc) is 1.59. The first-order valence-corrected chi connectivity index (χ1v) is 34.4. The third-order valence-electron chi connectivity index (χ3n) is 18.0. The van der Waals surface area contributed by atoms with Crippen LogP contribution < -0.4 is 37.9 Å². The summed E-state index contributed by atoms with van der Waals surface area (Å²) in [5, 5.41) is 2.60. The zero-order valence-electron chi connectivity index (χ0n) is 56.3. The molecule has 0 spiro atoms. The molecule has 0 atom stereocenters. The molecule has 5 heterocycles. The maximum absolute atomic E-state index is 6.81. The molecule has 3 aromatic heterocycles. The first-order valence-electron chi connectivity index (χ1n) is 34.4. The molecule has 15 aromatic rings. The summed E-state index contributed by atoms with van der Waals surface area (Å²) in [6.45, 7) is 2.00. The molecule has 0 amide bonds. The number of ether oxygens (including phenoxy) is 8. The van der Waals surface area contributed by atoms with Crippen LogP contribution in [0, 0.1) is 0 Å². The van der Waals surface area contributed by atoms with Gasteiger partial charge in [-0.3, -0.25) is 0 Å². The predicted octanol–water partition coefficient (Wildman–Crippen LogP) is 19.5. The summed E-state index contributed by atoms with van der Waals surface area (Å²) in [4.78, 5) is 40.5. The van der Waals surface area contributed by atoms with Crippen molar-refractivity contribution in [3.05, 3.63) is 336 Å². The minimum Gasteiger partial charge on any atom is -0.485 e. The van der Waals surface area contributed by atoms with Crippen LogP contribution in [0.25, 0.3) is 89.7 Å². The first-order chi connectivity index (χ1) is 51.5. The maximum atomic E-state index is 6.81. The maximum Gasteiger partial charge on any atom is 0.164 e. The minimum absolute atomic E-state index is 0.250. The summed E-state index contributed by atoms with van der Waals surface area (Å²) in [7, 11) is 0. The number of nitrogens with one attached hydrogen (secondary N) is 2. The van der Waals surface area contributed by atoms with Gasteiger partial charge in [-0.25, -0.2) is 29.9 Å². The molecule has 0 saturated carbocycles. The zero-order valence-corrected chi connectivity index (χ0v) is 56.3. The number of hydrogen-bond acceptors (Lipinski definition) is 14. The third-order valence-corrected chi connectivity index (χ3v) is 18.0. The largest absolute Gasteiger partial charge is 0.485 e. The molecule has 16 heteroatoms. The Morgan fingerprint density at radius 2 is 0.337 bits per heavy atom. The fourth-order valence-electron chi connectivity index (χ4n) is 12.6. The lowest BCUT2D eigenvalue weighted by atomic mass is 10.1. The summed E-state index contributed by atoms with van der Waals surface area (Å²) in [6.07, 6.45) is 0. The summed E-state index contributed by atoms with van der Waals surface area (Å²) in [5.41, 5.74) is 11.9. The Morgan fingerprint density at radius 1 is 0.183 bits per heavy atom. The molecular formula is C88H66N8O8. The Bertz CT molecular complexity index is 5040. The van der Waals surface area contributed by atoms with Crippen LogP contribution >= 0.6 is 0 Å². The monoisotopic (exact) mass is 1360 g/mol. The third kappa shape index (κ3) is 14.2. The summed E-state index contributed by atoms with van der Waals surface area (Å²) < 4.78 is 54.5. The lowest BCUT2D eigenvalue weighted by Gasteiger charge is -2.15. The number of rotatable bonds is 24. The molecule has 2 aliphatic heterocycles. The number of H-pyrrole nitrogens is 2. The van der Waals surface area contributed by atoms with Gasteiger partial charge in [0.2, 0.25) is 0 Å². The highest BCUT2D eigenvalue weighted by molar-refractivity contribution is 6.08. The van der Waals surface area contributed by atoms with Crippen LogP contribution in [0.1, 0.15) is 44.5 Å². The molecule has 2 aliphatic rings. The van der Waals surface area contributed by atoms with Crippen LogP contribution in [0.2, 0.25) is 0 Å². The van der Waals surface area contributed by atoms with E-state index < -0.39 is 0 Å². The number of benzene rings is 12. The zero-order chi connectivity index (χ0) is 69.4. The highest BCUT2D eigenvalue weighted by Gasteiger charge is 2.29. The molecule has 506 valence electrons. The summed E-state index contributed by atoms with van der Waals surface area (Å²) in [5.74, 6) is 5.11. The van der Waals surface area contributed by atoms with Crippen molar-refractivity contribution in [2.24, 2.45) is 0 Å². The van der Waals surface area contributed by atoms with Gasteiger partial charge in [0.05, 0.1) is 0 Å². The van der Waals surface area contributed by atoms with Gasteiger partial charge in [0.1, 0.15) is 75.4 Å². The number of aromatic amines is 2. The molecule has 0 fully saturated rings. The number of fused-ring (bicyclic) bond motifs is 20. The normalized spacial score (nSPS) is 11.4. The SMILES string of the molecule is c1ccc(COc2cc3c(cc2OCc2ccccc2)-c2nc-3nc3[nH]c(nc4nc(nc5[nH]c(n2)c2cc(OCc6ccccc6)c(OCc6ccccc6)cc52)-c2cc(OCc5ccccc5)c(OCc5ccccc5)cc2-4)c2cc(OCc4ccccc4)c(OCc4ccccc4)cc32)cc1. The van der Waals surface area contributed by atoms with Crippen LogP contribution in [0.5, 0.6) is 46.0 Å². The van der Waals surface area contributed by atoms with Gasteiger partial charge in [0.25, 0.3) is 0 Å². The molecule has 16 nitrogen and oxygen atoms in total. The van der Waals surface area contributed by atoms with Crippen molar-refractivity contribution in [3.63, 3.8) is 0 Å². The topological polar surface area (TPSA) is 183 Å². The lowest BCUT2D eigenvalue weighted by molar-refractivity contribution is 0.256. The number of hydrogen-bond donors (Lipinski definition) is 2. The van der Waals surface area contributed by atoms with E-state index in [4.69, 9.17) is 67.8 Å². The molecule has 0 unspecified atom stereocenters. The van der Waals surface area contributed by atoms with Crippen molar-refractivity contribution >= 4 is 44.1 Å². The molecule has 2 N–H and O–H groups in total. The van der Waals surface area contributed by atoms with E-state index in [0.717, 1.165) is 44.5 Å². The van der Waals surface area contributed by atoms with Gasteiger partial charge < -0.3 is 47.9 Å². The fraction of sp³-hybridized carbons (Fsp3) is 0.0909. The van der Waals surface area contributed by atoms with Crippen molar-refractivity contribution in [2.45, 2.75) is 52.9 Å². The van der Waals surface area contributed by atoms with Crippen LogP contribution in [-0.2, 0) is 52.9 Å². The molecule has 17 rings (SSSR count). The van der Waals surface area contributed by atoms with Gasteiger partial charge in [-0.05, 0) is 93.0 Å². The van der Waals surface area contributed by atoms with Gasteiger partial charge in [0, 0.05) is 43.8 Å². The first kappa shape index (κ1) is 63.8. The molecule has 0 saturated heterocycles. The molecular weight excluding hydrogens is 1300 g/mol. The van der Waals surface area contributed by atoms with Crippen molar-refractivity contribution < 1.29 is 37.9 Å². The van der Waals surface area contributed by atoms with E-state index in [9.17, 15) is 0 Å². The Morgan fingerprint density at radius 3 is 0.500 bits per heavy atom. The van der Waals surface area contributed by atoms with Gasteiger partial charge in [-0.2, -0.15) is 0 Å². The van der Waals surface area contributed by atoms with Crippen molar-refractivity contribution in [2.75, 3.05) is 0 Å². The second-order valence-electron chi connectivity index (χ2n) is 25.2. The highest BCUT2D eigenvalue weighted by atomic mass is 16.5. The quantitative estimate of drug-likeness (QED) is 0.0583. The van der Waals surface area contributed by atoms with E-state index in [0.29, 0.717) is 136 Å². The molecule has 8 bridgehead atoms. The number of nitrogens with zero attached hydrogens (tertiary/aromatic N) is 6. The highest BCUT2D eigenvalue weighted by Crippen LogP contribution is 2.47. The summed E-state index contributed by atoms with van der Waals surface area (Å²) >= 11 is 0. The second-order valence-corrected chi connectivity index (χ2v) is 25.2. The van der Waals surface area contributed by atoms with Crippen LogP contribution in [-0.4, -0.2) is 39.9 Å². The van der Waals surface area contributed by atoms with E-state index in [1.807, 2.05) is 291 Å². The Labute approximate surface area is 598 Å². The van der Waals surface area contributed by atoms with Crippen molar-refractivity contribution in [1.29, 1.82) is 0 Å². The van der Waals surface area contributed by atoms with Crippen molar-refractivity contribution in [3.8, 4) is 91.5 Å². The van der Waals surface area contributed by atoms with Crippen LogP contribution in [0.4, 0.5) is 0 Å². The Hall–Kier alpha value is -13.6. The summed E-state index contributed by atoms with van der Waals surface area (Å²) in [6, 6.07) is 95.8. The van der Waals surface area contributed by atoms with E-state index in [1.54, 1.807) is 0 Å². The minimum atomic E-state index is 0.250. The number of aromatic nitrogens is 8. The fourth-order valence-corrected chi connectivity index (χ4v) is 12.6. The molecule has 104 heavy (non-hydrogen) atoms. The van der Waals surface area contributed by atoms with Gasteiger partial charge in [-0.15, -0.1) is 0 Å². The Balaban J connectivity index is 0.939. The van der Waals surface area contributed by atoms with Gasteiger partial charge in [-0.1, -0.05) is 243 Å². The second kappa shape index (κ2) is 29.3. The van der Waals surface area contributed by atoms with Crippen LogP contribution in [0.3, 0.4) is 0 Å². The smallest absolute Gasteiger partial charge is 0.164 e. The van der Waals surface area contributed by atoms with Crippen LogP contribution in [0.15, 0.2) is 291 Å². The van der Waals surface area contributed by atoms with E-state index in [-0.39, 0.29) is 52.9 Å². The standard InChI is InChI=1S/C88H66N8O8/c1-9-25-57(26-10-1)49-97-73-41-65-66(42-74(73)98-50-58-27-11-2-12-28-58)82-89-81(65)93-83-67-43-75(99-51-59-29-13-3-14-30-59)76(100-52-60-31-15-4-16-32-60)44-68(67)85(90-83)95-87-71-47-79(103-55-63-37-21-7-22-38-63)80(104-56-64-39-23-8-24-40-64)48-72(71)88(92-87)96-86-70-46-78(102-54-62-35-19-6-20-36-62)77(45-69(70)84(91-86)94-82)101-53-61-33-17-5-18-34-61/h1-48H,49-56H2,(H2,89,90,91,92,93,94,95,96). The predicted molar refractivity (Wildman–Crippen MR) is 402 cm³/mol. The lowest BCUT2D eigenvalue weighted by Crippen LogP contribution is -2.01. The molecule has 0 radical (unpaired) electrons. The van der Waals surface area contributed by atoms with E-state index in [2.05, 4.69) is 9.97 Å². The molecule has 0 aliphatic carbocycles. The van der Waals surface area contributed by atoms with E-state index in [1.165, 1.54) is 0 Å². The average molecular weight is 1360 g/mol. The van der Waals surface area contributed by atoms with E-state index >= 15 is 0 Å².